The summed E-state index contributed by atoms with van der Waals surface area (Å²) in [5.41, 5.74) is 2.70. The van der Waals surface area contributed by atoms with Gasteiger partial charge >= 0.3 is 0 Å². The number of aliphatic hydroxyl groups is 1. The highest BCUT2D eigenvalue weighted by molar-refractivity contribution is 5.94. The van der Waals surface area contributed by atoms with E-state index in [1.165, 1.54) is 0 Å². The molecule has 0 saturated heterocycles. The van der Waals surface area contributed by atoms with Crippen LogP contribution in [-0.2, 0) is 11.4 Å². The first-order chi connectivity index (χ1) is 10.6. The highest BCUT2D eigenvalue weighted by atomic mass is 16.3. The summed E-state index contributed by atoms with van der Waals surface area (Å²) in [5.74, 6) is -0.0728. The largest absolute Gasteiger partial charge is 0.392 e. The number of hydrogen-bond donors (Lipinski definition) is 3. The number of carbonyl (C=O) groups excluding carboxylic acids is 1. The third-order valence-electron chi connectivity index (χ3n) is 3.57. The molecule has 0 heterocycles. The smallest absolute Gasteiger partial charge is 0.241 e. The molecule has 0 unspecified atom stereocenters. The molecule has 0 aliphatic heterocycles. The van der Waals surface area contributed by atoms with Crippen molar-refractivity contribution < 1.29 is 9.90 Å². The Morgan fingerprint density at radius 1 is 1.09 bits per heavy atom. The van der Waals surface area contributed by atoms with Crippen molar-refractivity contribution in [3.8, 4) is 0 Å². The Kier molecular flexibility index (Phi) is 5.69. The summed E-state index contributed by atoms with van der Waals surface area (Å²) < 4.78 is 0. The Labute approximate surface area is 131 Å². The van der Waals surface area contributed by atoms with Crippen LogP contribution in [0.5, 0.6) is 0 Å². The van der Waals surface area contributed by atoms with E-state index in [0.29, 0.717) is 0 Å². The number of amides is 1. The van der Waals surface area contributed by atoms with Crippen LogP contribution in [0, 0.1) is 0 Å². The van der Waals surface area contributed by atoms with Crippen molar-refractivity contribution in [1.29, 1.82) is 0 Å². The zero-order chi connectivity index (χ0) is 15.9. The van der Waals surface area contributed by atoms with Gasteiger partial charge in [0.05, 0.1) is 12.6 Å². The maximum atomic E-state index is 12.2. The van der Waals surface area contributed by atoms with E-state index >= 15 is 0 Å². The molecule has 0 aliphatic carbocycles. The van der Waals surface area contributed by atoms with Gasteiger partial charge in [0.1, 0.15) is 0 Å². The van der Waals surface area contributed by atoms with Gasteiger partial charge in [-0.2, -0.15) is 0 Å². The van der Waals surface area contributed by atoms with E-state index in [2.05, 4.69) is 10.6 Å². The lowest BCUT2D eigenvalue weighted by Gasteiger charge is -2.20. The minimum atomic E-state index is -0.326. The highest BCUT2D eigenvalue weighted by Gasteiger charge is 2.16. The summed E-state index contributed by atoms with van der Waals surface area (Å²) in [6.07, 6.45) is 0. The molecule has 2 rings (SSSR count). The molecule has 3 N–H and O–H groups in total. The van der Waals surface area contributed by atoms with Gasteiger partial charge < -0.3 is 10.4 Å². The van der Waals surface area contributed by atoms with Crippen LogP contribution in [-0.4, -0.2) is 17.1 Å². The van der Waals surface area contributed by atoms with Gasteiger partial charge in [0.15, 0.2) is 0 Å². The average Bonchev–Trinajstić information content (AvgIpc) is 2.55. The van der Waals surface area contributed by atoms with Gasteiger partial charge in [-0.05, 0) is 37.1 Å². The first-order valence-corrected chi connectivity index (χ1v) is 7.42. The Bertz CT molecular complexity index is 613. The van der Waals surface area contributed by atoms with Gasteiger partial charge in [0.2, 0.25) is 5.91 Å². The Morgan fingerprint density at radius 2 is 1.82 bits per heavy atom. The number of rotatable bonds is 6. The number of hydrogen-bond acceptors (Lipinski definition) is 3. The number of nitrogens with one attached hydrogen (secondary N) is 2. The van der Waals surface area contributed by atoms with Crippen LogP contribution in [0.4, 0.5) is 5.69 Å². The molecule has 0 radical (unpaired) electrons. The van der Waals surface area contributed by atoms with Crippen molar-refractivity contribution in [2.45, 2.75) is 32.5 Å². The van der Waals surface area contributed by atoms with Crippen LogP contribution in [0.2, 0.25) is 0 Å². The molecule has 0 spiro atoms. The molecule has 22 heavy (non-hydrogen) atoms. The van der Waals surface area contributed by atoms with E-state index < -0.39 is 0 Å². The fraction of sp³-hybridized carbons (Fsp3) is 0.278. The molecule has 4 heteroatoms. The van der Waals surface area contributed by atoms with Gasteiger partial charge in [-0.1, -0.05) is 42.5 Å². The van der Waals surface area contributed by atoms with Gasteiger partial charge in [-0.15, -0.1) is 0 Å². The van der Waals surface area contributed by atoms with Gasteiger partial charge in [-0.3, -0.25) is 10.1 Å². The van der Waals surface area contributed by atoms with Crippen molar-refractivity contribution in [2.24, 2.45) is 0 Å². The van der Waals surface area contributed by atoms with Crippen LogP contribution in [0.15, 0.2) is 54.6 Å². The first kappa shape index (κ1) is 16.2. The zero-order valence-electron chi connectivity index (χ0n) is 12.9. The van der Waals surface area contributed by atoms with E-state index in [1.807, 2.05) is 68.4 Å². The minimum absolute atomic E-state index is 0.0167. The highest BCUT2D eigenvalue weighted by Crippen LogP contribution is 2.15. The zero-order valence-corrected chi connectivity index (χ0v) is 12.9. The summed E-state index contributed by atoms with van der Waals surface area (Å²) in [7, 11) is 0. The second-order valence-corrected chi connectivity index (χ2v) is 5.37. The fourth-order valence-corrected chi connectivity index (χ4v) is 2.28. The van der Waals surface area contributed by atoms with E-state index in [0.717, 1.165) is 16.8 Å². The maximum Gasteiger partial charge on any atom is 0.241 e. The quantitative estimate of drug-likeness (QED) is 0.768. The molecular formula is C18H22N2O2. The number of para-hydroxylation sites is 1. The fourth-order valence-electron chi connectivity index (χ4n) is 2.28. The first-order valence-electron chi connectivity index (χ1n) is 7.42. The Hall–Kier alpha value is -2.17. The average molecular weight is 298 g/mol. The van der Waals surface area contributed by atoms with Crippen LogP contribution >= 0.6 is 0 Å². The lowest BCUT2D eigenvalue weighted by Crippen LogP contribution is -2.39. The van der Waals surface area contributed by atoms with Crippen molar-refractivity contribution in [1.82, 2.24) is 5.32 Å². The molecule has 0 saturated carbocycles. The summed E-state index contributed by atoms with van der Waals surface area (Å²) in [4.78, 5) is 12.2. The normalized spacial score (nSPS) is 13.4. The molecule has 2 aromatic carbocycles. The molecule has 116 valence electrons. The molecule has 0 aliphatic rings. The monoisotopic (exact) mass is 298 g/mol. The van der Waals surface area contributed by atoms with Crippen LogP contribution in [0.25, 0.3) is 0 Å². The van der Waals surface area contributed by atoms with E-state index in [1.54, 1.807) is 0 Å². The molecule has 2 atom stereocenters. The predicted molar refractivity (Wildman–Crippen MR) is 88.4 cm³/mol. The van der Waals surface area contributed by atoms with Gasteiger partial charge in [-0.25, -0.2) is 0 Å². The summed E-state index contributed by atoms with van der Waals surface area (Å²) in [5, 5.41) is 15.3. The summed E-state index contributed by atoms with van der Waals surface area (Å²) >= 11 is 0. The molecule has 0 aromatic heterocycles. The van der Waals surface area contributed by atoms with Crippen LogP contribution < -0.4 is 10.6 Å². The number of aliphatic hydroxyl groups excluding tert-OH is 1. The van der Waals surface area contributed by atoms with Crippen LogP contribution in [0.1, 0.15) is 31.0 Å². The number of benzene rings is 2. The van der Waals surface area contributed by atoms with Crippen molar-refractivity contribution in [3.05, 3.63) is 65.7 Å². The molecular weight excluding hydrogens is 276 g/mol. The Morgan fingerprint density at radius 3 is 2.50 bits per heavy atom. The third-order valence-corrected chi connectivity index (χ3v) is 3.57. The minimum Gasteiger partial charge on any atom is -0.392 e. The molecule has 1 amide bonds. The van der Waals surface area contributed by atoms with Crippen molar-refractivity contribution >= 4 is 11.6 Å². The molecule has 0 fully saturated rings. The topological polar surface area (TPSA) is 61.4 Å². The summed E-state index contributed by atoms with van der Waals surface area (Å²) in [6, 6.07) is 16.8. The van der Waals surface area contributed by atoms with E-state index in [4.69, 9.17) is 0 Å². The standard InChI is InChI=1S/C18H22N2O2/c1-13(16-8-6-7-15(11-16)12-21)19-14(2)18(22)20-17-9-4-3-5-10-17/h3-11,13-14,19,21H,12H2,1-2H3,(H,20,22)/t13-,14+/m1/s1. The predicted octanol–water partition coefficient (Wildman–Crippen LogP) is 2.86. The lowest BCUT2D eigenvalue weighted by atomic mass is 10.0. The third kappa shape index (κ3) is 4.41. The summed E-state index contributed by atoms with van der Waals surface area (Å²) in [6.45, 7) is 3.86. The maximum absolute atomic E-state index is 12.2. The van der Waals surface area contributed by atoms with Gasteiger partial charge in [0, 0.05) is 11.7 Å². The van der Waals surface area contributed by atoms with Crippen LogP contribution in [0.3, 0.4) is 0 Å². The van der Waals surface area contributed by atoms with E-state index in [-0.39, 0.29) is 24.6 Å². The Balaban J connectivity index is 1.95. The number of anilines is 1. The second kappa shape index (κ2) is 7.73. The molecule has 4 nitrogen and oxygen atoms in total. The second-order valence-electron chi connectivity index (χ2n) is 5.37. The molecule has 2 aromatic rings. The van der Waals surface area contributed by atoms with Crippen molar-refractivity contribution in [2.75, 3.05) is 5.32 Å². The van der Waals surface area contributed by atoms with Crippen molar-refractivity contribution in [3.63, 3.8) is 0 Å². The molecule has 0 bridgehead atoms. The SMILES string of the molecule is C[C@H](N[C@H](C)c1cccc(CO)c1)C(=O)Nc1ccccc1. The van der Waals surface area contributed by atoms with Gasteiger partial charge in [0.25, 0.3) is 0 Å². The number of carbonyl (C=O) groups is 1. The van der Waals surface area contributed by atoms with E-state index in [9.17, 15) is 9.90 Å². The lowest BCUT2D eigenvalue weighted by molar-refractivity contribution is -0.117.